The maximum Gasteiger partial charge on any atom is 0.373 e. The number of hydrogen-bond donors (Lipinski definition) is 1. The molecule has 0 saturated heterocycles. The third-order valence-corrected chi connectivity index (χ3v) is 9.81. The van der Waals surface area contributed by atoms with Gasteiger partial charge in [0.1, 0.15) is 52.7 Å². The Morgan fingerprint density at radius 1 is 0.333 bits per heavy atom. The van der Waals surface area contributed by atoms with Gasteiger partial charge in [0.05, 0.1) is 5.39 Å². The summed E-state index contributed by atoms with van der Waals surface area (Å²) in [6, 6.07) is 20.0. The molecule has 23 heteroatoms. The van der Waals surface area contributed by atoms with Crippen LogP contribution in [0.1, 0.15) is 5.56 Å². The van der Waals surface area contributed by atoms with Crippen molar-refractivity contribution < 1.29 is 97.5 Å². The van der Waals surface area contributed by atoms with Gasteiger partial charge in [-0.05, 0) is 11.5 Å². The molecule has 1 aromatic heterocycles. The highest BCUT2D eigenvalue weighted by molar-refractivity contribution is 7.20. The molecule has 1 N–H and O–H groups in total. The maximum absolute atomic E-state index is 15.4. The summed E-state index contributed by atoms with van der Waals surface area (Å²) in [6.45, 7) is 0.678. The van der Waals surface area contributed by atoms with E-state index in [1.54, 1.807) is 0 Å². The van der Waals surface area contributed by atoms with Gasteiger partial charge in [-0.15, -0.1) is 21.9 Å². The van der Waals surface area contributed by atoms with E-state index in [1.807, 2.05) is 59.3 Å². The van der Waals surface area contributed by atoms with Crippen molar-refractivity contribution in [1.29, 1.82) is 0 Å². The van der Waals surface area contributed by atoms with E-state index in [0.29, 0.717) is 12.4 Å². The first-order chi connectivity index (χ1) is 29.5. The molecule has 0 aliphatic carbocycles. The van der Waals surface area contributed by atoms with E-state index < -0.39 is 144 Å². The molecule has 0 saturated carbocycles. The molecule has 7 rings (SSSR count). The highest BCUT2D eigenvalue weighted by Gasteiger charge is 2.52. The lowest BCUT2D eigenvalue weighted by Gasteiger charge is -2.44. The maximum atomic E-state index is 15.4. The third-order valence-electron chi connectivity index (χ3n) is 9.81. The molecule has 328 valence electrons. The molecular formula is C40H14BF20NO. The number of aromatic nitrogens is 1. The third kappa shape index (κ3) is 7.02. The van der Waals surface area contributed by atoms with Crippen molar-refractivity contribution in [3.05, 3.63) is 189 Å². The minimum atomic E-state index is -7.22. The lowest BCUT2D eigenvalue weighted by atomic mass is 9.12. The van der Waals surface area contributed by atoms with E-state index in [2.05, 4.69) is 12.1 Å². The van der Waals surface area contributed by atoms with Gasteiger partial charge in [0, 0.05) is 11.6 Å². The normalized spacial score (nSPS) is 11.6. The first-order valence-corrected chi connectivity index (χ1v) is 16.9. The van der Waals surface area contributed by atoms with Crippen molar-refractivity contribution in [1.82, 2.24) is 0 Å². The predicted octanol–water partition coefficient (Wildman–Crippen LogP) is 8.73. The minimum Gasteiger partial charge on any atom is -0.459 e. The standard InChI is InChI=1S/C24BF20.C16H13NO/c26-5-1(6(27)14(35)21(42)13(5)34)25(2-7(28)15(36)22(43)16(37)8(2)29,3-9(30)17(38)23(44)18(39)10(3)31)4-11(32)19(40)24(45)20(41)12(4)33;18-16-15-9-5-4-8-14(15)10-11-17(16)12-13-6-2-1-3-7-13/h;1-11H,12H2/q-1;/p+1. The molecule has 0 amide bonds. The summed E-state index contributed by atoms with van der Waals surface area (Å²) in [5.41, 5.74) is -13.2. The molecule has 1 heterocycles. The number of aromatic hydroxyl groups is 1. The molecular weight excluding hydrogens is 901 g/mol. The van der Waals surface area contributed by atoms with Crippen LogP contribution in [0.25, 0.3) is 10.8 Å². The minimum absolute atomic E-state index is 0.317. The number of halogens is 20. The van der Waals surface area contributed by atoms with Crippen molar-refractivity contribution in [2.45, 2.75) is 6.54 Å². The van der Waals surface area contributed by atoms with Gasteiger partial charge >= 0.3 is 5.88 Å². The largest absolute Gasteiger partial charge is 0.459 e. The van der Waals surface area contributed by atoms with Crippen LogP contribution in [-0.2, 0) is 6.54 Å². The van der Waals surface area contributed by atoms with E-state index in [0.717, 1.165) is 10.8 Å². The molecule has 0 unspecified atom stereocenters. The van der Waals surface area contributed by atoms with Gasteiger partial charge in [0.25, 0.3) is 0 Å². The fourth-order valence-corrected chi connectivity index (χ4v) is 7.02. The second kappa shape index (κ2) is 16.8. The molecule has 6 aromatic carbocycles. The van der Waals surface area contributed by atoms with Gasteiger partial charge in [-0.2, -0.15) is 4.57 Å². The van der Waals surface area contributed by atoms with Crippen LogP contribution < -0.4 is 26.4 Å². The van der Waals surface area contributed by atoms with Crippen LogP contribution in [0.4, 0.5) is 87.8 Å². The molecule has 0 fully saturated rings. The van der Waals surface area contributed by atoms with E-state index in [1.165, 1.54) is 5.56 Å². The van der Waals surface area contributed by atoms with Crippen molar-refractivity contribution in [3.8, 4) is 5.88 Å². The highest BCUT2D eigenvalue weighted by Crippen LogP contribution is 2.31. The van der Waals surface area contributed by atoms with Gasteiger partial charge in [-0.3, -0.25) is 0 Å². The Bertz CT molecular complexity index is 2620. The smallest absolute Gasteiger partial charge is 0.373 e. The number of pyridine rings is 1. The topological polar surface area (TPSA) is 24.1 Å². The summed E-state index contributed by atoms with van der Waals surface area (Å²) in [5.74, 6) is -71.1. The Hall–Kier alpha value is -6.81. The summed E-state index contributed by atoms with van der Waals surface area (Å²) in [4.78, 5) is 0. The Morgan fingerprint density at radius 3 is 0.921 bits per heavy atom. The SMILES string of the molecule is Fc1c(F)c(F)c([B-](c2c(F)c(F)c(F)c(F)c2F)(c2c(F)c(F)c(F)c(F)c2F)c2c(F)c(F)c(F)c(F)c2F)c(F)c1F.Oc1c2ccccc2cc[n+]1Cc1ccccc1. The van der Waals surface area contributed by atoms with E-state index in [9.17, 15) is 57.8 Å². The predicted molar refractivity (Wildman–Crippen MR) is 181 cm³/mol. The second-order valence-corrected chi connectivity index (χ2v) is 13.1. The average Bonchev–Trinajstić information content (AvgIpc) is 3.27. The fourth-order valence-electron chi connectivity index (χ4n) is 7.02. The van der Waals surface area contributed by atoms with Crippen molar-refractivity contribution in [3.63, 3.8) is 0 Å². The van der Waals surface area contributed by atoms with Crippen LogP contribution in [0.3, 0.4) is 0 Å². The van der Waals surface area contributed by atoms with Gasteiger partial charge in [0.15, 0.2) is 82.5 Å². The number of benzene rings is 6. The van der Waals surface area contributed by atoms with Gasteiger partial charge in [-0.25, -0.2) is 87.8 Å². The van der Waals surface area contributed by atoms with Crippen LogP contribution in [-0.4, -0.2) is 11.3 Å². The lowest BCUT2D eigenvalue weighted by Crippen LogP contribution is -2.81. The zero-order chi connectivity index (χ0) is 46.7. The number of rotatable bonds is 6. The molecule has 7 aromatic rings. The van der Waals surface area contributed by atoms with Crippen molar-refractivity contribution in [2.75, 3.05) is 0 Å². The van der Waals surface area contributed by atoms with E-state index >= 15 is 35.1 Å². The molecule has 63 heavy (non-hydrogen) atoms. The van der Waals surface area contributed by atoms with Gasteiger partial charge in [0.2, 0.25) is 0 Å². The Kier molecular flexibility index (Phi) is 12.2. The molecule has 0 spiro atoms. The fraction of sp³-hybridized carbons (Fsp3) is 0.0250. The molecule has 0 atom stereocenters. The average molecular weight is 915 g/mol. The van der Waals surface area contributed by atoms with Crippen LogP contribution in [0.15, 0.2) is 66.9 Å². The Labute approximate surface area is 337 Å². The van der Waals surface area contributed by atoms with Crippen LogP contribution in [0.2, 0.25) is 0 Å². The van der Waals surface area contributed by atoms with Gasteiger partial charge < -0.3 is 5.11 Å². The summed E-state index contributed by atoms with van der Waals surface area (Å²) >= 11 is 0. The zero-order valence-electron chi connectivity index (χ0n) is 30.1. The molecule has 0 aliphatic rings. The summed E-state index contributed by atoms with van der Waals surface area (Å²) < 4.78 is 296. The molecule has 0 aliphatic heterocycles. The molecule has 0 radical (unpaired) electrons. The molecule has 2 nitrogen and oxygen atoms in total. The number of nitrogens with zero attached hydrogens (tertiary/aromatic N) is 1. The first kappa shape index (κ1) is 45.7. The van der Waals surface area contributed by atoms with Crippen LogP contribution >= 0.6 is 0 Å². The summed E-state index contributed by atoms with van der Waals surface area (Å²) in [6.07, 6.45) is -5.30. The van der Waals surface area contributed by atoms with E-state index in [4.69, 9.17) is 0 Å². The Balaban J connectivity index is 0.000000302. The zero-order valence-corrected chi connectivity index (χ0v) is 30.1. The summed E-state index contributed by atoms with van der Waals surface area (Å²) in [7, 11) is 0. The van der Waals surface area contributed by atoms with Crippen molar-refractivity contribution >= 4 is 38.8 Å². The summed E-state index contributed by atoms with van der Waals surface area (Å²) in [5, 5.41) is 12.2. The molecule has 0 bridgehead atoms. The Morgan fingerprint density at radius 2 is 0.603 bits per heavy atom. The van der Waals surface area contributed by atoms with Crippen LogP contribution in [0.5, 0.6) is 5.88 Å². The van der Waals surface area contributed by atoms with Crippen molar-refractivity contribution in [2.24, 2.45) is 0 Å². The highest BCUT2D eigenvalue weighted by atomic mass is 19.2. The van der Waals surface area contributed by atoms with Crippen LogP contribution in [0, 0.1) is 116 Å². The lowest BCUT2D eigenvalue weighted by molar-refractivity contribution is -0.692. The quantitative estimate of drug-likeness (QED) is 0.0584. The van der Waals surface area contributed by atoms with E-state index in [-0.39, 0.29) is 0 Å². The second-order valence-electron chi connectivity index (χ2n) is 13.1. The van der Waals surface area contributed by atoms with Gasteiger partial charge in [-0.1, -0.05) is 48.5 Å². The first-order valence-electron chi connectivity index (χ1n) is 16.9. The number of fused-ring (bicyclic) bond motifs is 1. The number of hydrogen-bond acceptors (Lipinski definition) is 1. The monoisotopic (exact) mass is 915 g/mol.